The van der Waals surface area contributed by atoms with Crippen molar-refractivity contribution in [2.45, 2.75) is 31.2 Å². The lowest BCUT2D eigenvalue weighted by Gasteiger charge is -2.30. The monoisotopic (exact) mass is 502 g/mol. The van der Waals surface area contributed by atoms with Gasteiger partial charge in [0.25, 0.3) is 0 Å². The zero-order chi connectivity index (χ0) is 23.5. The molecule has 1 atom stereocenters. The SMILES string of the molecule is CCNC(=O)NN=Cc1ccc(C2=NSC(c3cc(Cl)cc(Cl)c3)(C(F)(F)F)C2)cc1C. The molecule has 2 aromatic carbocycles. The highest BCUT2D eigenvalue weighted by Crippen LogP contribution is 2.57. The first-order chi connectivity index (χ1) is 15.1. The molecule has 170 valence electrons. The second-order valence-corrected chi connectivity index (χ2v) is 9.02. The molecule has 0 bridgehead atoms. The van der Waals surface area contributed by atoms with E-state index in [9.17, 15) is 18.0 Å². The lowest BCUT2D eigenvalue weighted by atomic mass is 9.89. The average Bonchev–Trinajstić information content (AvgIpc) is 3.15. The smallest absolute Gasteiger partial charge is 0.337 e. The molecule has 3 rings (SSSR count). The number of rotatable bonds is 5. The van der Waals surface area contributed by atoms with E-state index in [1.54, 1.807) is 32.0 Å². The number of aryl methyl sites for hydroxylation is 1. The largest absolute Gasteiger partial charge is 0.409 e. The van der Waals surface area contributed by atoms with Gasteiger partial charge in [-0.3, -0.25) is 0 Å². The van der Waals surface area contributed by atoms with Crippen LogP contribution in [0.25, 0.3) is 0 Å². The van der Waals surface area contributed by atoms with Gasteiger partial charge in [0.1, 0.15) is 0 Å². The minimum atomic E-state index is -4.58. The van der Waals surface area contributed by atoms with E-state index < -0.39 is 17.0 Å². The Bertz CT molecular complexity index is 1070. The summed E-state index contributed by atoms with van der Waals surface area (Å²) in [6, 6.07) is 8.65. The number of carbonyl (C=O) groups excluding carboxylic acids is 1. The van der Waals surface area contributed by atoms with E-state index >= 15 is 0 Å². The third-order valence-corrected chi connectivity index (χ3v) is 6.50. The molecule has 1 aliphatic heterocycles. The molecule has 0 saturated heterocycles. The van der Waals surface area contributed by atoms with Crippen molar-refractivity contribution in [2.75, 3.05) is 6.54 Å². The van der Waals surface area contributed by atoms with Crippen molar-refractivity contribution < 1.29 is 18.0 Å². The molecule has 1 heterocycles. The van der Waals surface area contributed by atoms with Crippen molar-refractivity contribution >= 4 is 53.1 Å². The summed E-state index contributed by atoms with van der Waals surface area (Å²) < 4.78 is 44.5. The number of urea groups is 1. The molecule has 0 aliphatic carbocycles. The van der Waals surface area contributed by atoms with Gasteiger partial charge in [-0.05, 0) is 72.3 Å². The van der Waals surface area contributed by atoms with E-state index in [1.807, 2.05) is 0 Å². The van der Waals surface area contributed by atoms with Gasteiger partial charge >= 0.3 is 12.2 Å². The molecule has 0 radical (unpaired) electrons. The summed E-state index contributed by atoms with van der Waals surface area (Å²) in [7, 11) is 0. The highest BCUT2D eigenvalue weighted by atomic mass is 35.5. The number of nitrogens with zero attached hydrogens (tertiary/aromatic N) is 2. The first kappa shape index (κ1) is 24.4. The number of hydrogen-bond acceptors (Lipinski definition) is 4. The van der Waals surface area contributed by atoms with E-state index in [1.165, 1.54) is 24.4 Å². The molecule has 1 aliphatic rings. The Morgan fingerprint density at radius 3 is 2.53 bits per heavy atom. The molecule has 0 spiro atoms. The second kappa shape index (κ2) is 9.72. The lowest BCUT2D eigenvalue weighted by molar-refractivity contribution is -0.159. The molecule has 1 unspecified atom stereocenters. The zero-order valence-corrected chi connectivity index (χ0v) is 19.4. The summed E-state index contributed by atoms with van der Waals surface area (Å²) in [4.78, 5) is 11.4. The Morgan fingerprint density at radius 2 is 1.94 bits per heavy atom. The van der Waals surface area contributed by atoms with Crippen LogP contribution in [-0.4, -0.2) is 30.7 Å². The number of benzene rings is 2. The van der Waals surface area contributed by atoms with Crippen LogP contribution in [0.1, 0.15) is 35.6 Å². The van der Waals surface area contributed by atoms with Gasteiger partial charge in [-0.15, -0.1) is 0 Å². The van der Waals surface area contributed by atoms with Crippen molar-refractivity contribution in [2.24, 2.45) is 9.50 Å². The standard InChI is InChI=1S/C21H19Cl2F3N4OS/c1-3-27-19(31)29-28-11-14-5-4-13(6-12(14)2)18-10-20(32-30-18,21(24,25)26)15-7-16(22)9-17(23)8-15/h4-9,11H,3,10H2,1-2H3,(H2,27,29,31). The molecule has 0 aromatic heterocycles. The molecular weight excluding hydrogens is 484 g/mol. The maximum Gasteiger partial charge on any atom is 0.409 e. The number of hydrazone groups is 1. The van der Waals surface area contributed by atoms with E-state index in [0.717, 1.165) is 5.56 Å². The van der Waals surface area contributed by atoms with E-state index in [2.05, 4.69) is 20.2 Å². The van der Waals surface area contributed by atoms with Crippen molar-refractivity contribution in [3.63, 3.8) is 0 Å². The fraction of sp³-hybridized carbons (Fsp3) is 0.286. The van der Waals surface area contributed by atoms with Crippen LogP contribution in [0.5, 0.6) is 0 Å². The van der Waals surface area contributed by atoms with Crippen LogP contribution in [0.3, 0.4) is 0 Å². The van der Waals surface area contributed by atoms with Crippen LogP contribution < -0.4 is 10.7 Å². The van der Waals surface area contributed by atoms with Crippen LogP contribution in [0, 0.1) is 6.92 Å². The Labute approximate surface area is 197 Å². The number of alkyl halides is 3. The molecule has 11 heteroatoms. The van der Waals surface area contributed by atoms with E-state index in [-0.39, 0.29) is 22.0 Å². The molecule has 32 heavy (non-hydrogen) atoms. The van der Waals surface area contributed by atoms with Gasteiger partial charge in [-0.25, -0.2) is 14.6 Å². The third kappa shape index (κ3) is 5.22. The van der Waals surface area contributed by atoms with Crippen LogP contribution in [0.4, 0.5) is 18.0 Å². The van der Waals surface area contributed by atoms with E-state index in [0.29, 0.717) is 35.3 Å². The zero-order valence-electron chi connectivity index (χ0n) is 17.1. The van der Waals surface area contributed by atoms with E-state index in [4.69, 9.17) is 23.2 Å². The minimum absolute atomic E-state index is 0.0387. The fourth-order valence-corrected chi connectivity index (χ4v) is 4.70. The summed E-state index contributed by atoms with van der Waals surface area (Å²) in [5.41, 5.74) is 4.66. The first-order valence-corrected chi connectivity index (χ1v) is 11.0. The van der Waals surface area contributed by atoms with Crippen LogP contribution >= 0.6 is 35.1 Å². The predicted molar refractivity (Wildman–Crippen MR) is 124 cm³/mol. The Balaban J connectivity index is 1.84. The summed E-state index contributed by atoms with van der Waals surface area (Å²) >= 11 is 12.4. The van der Waals surface area contributed by atoms with Gasteiger partial charge in [0.2, 0.25) is 0 Å². The Morgan fingerprint density at radius 1 is 1.25 bits per heavy atom. The topological polar surface area (TPSA) is 65.8 Å². The Hall–Kier alpha value is -2.23. The first-order valence-electron chi connectivity index (χ1n) is 9.52. The number of halogens is 5. The van der Waals surface area contributed by atoms with Crippen LogP contribution in [0.15, 0.2) is 45.9 Å². The van der Waals surface area contributed by atoms with Crippen molar-refractivity contribution in [3.05, 3.63) is 68.7 Å². The van der Waals surface area contributed by atoms with Crippen molar-refractivity contribution in [1.29, 1.82) is 0 Å². The third-order valence-electron chi connectivity index (χ3n) is 4.82. The average molecular weight is 503 g/mol. The summed E-state index contributed by atoms with van der Waals surface area (Å²) in [6.07, 6.45) is -3.47. The quantitative estimate of drug-likeness (QED) is 0.288. The molecule has 2 aromatic rings. The highest BCUT2D eigenvalue weighted by molar-refractivity contribution is 7.99. The van der Waals surface area contributed by atoms with Gasteiger partial charge in [-0.1, -0.05) is 35.3 Å². The molecule has 5 nitrogen and oxygen atoms in total. The molecule has 2 N–H and O–H groups in total. The number of carbonyl (C=O) groups is 1. The van der Waals surface area contributed by atoms with Crippen molar-refractivity contribution in [3.8, 4) is 0 Å². The molecular formula is C21H19Cl2F3N4OS. The summed E-state index contributed by atoms with van der Waals surface area (Å²) in [6.45, 7) is 4.05. The van der Waals surface area contributed by atoms with Gasteiger partial charge in [0, 0.05) is 23.0 Å². The van der Waals surface area contributed by atoms with Gasteiger partial charge in [-0.2, -0.15) is 18.3 Å². The minimum Gasteiger partial charge on any atom is -0.337 e. The van der Waals surface area contributed by atoms with Gasteiger partial charge in [0.05, 0.1) is 11.9 Å². The summed E-state index contributed by atoms with van der Waals surface area (Å²) in [5.74, 6) is 0. The van der Waals surface area contributed by atoms with Crippen molar-refractivity contribution in [1.82, 2.24) is 10.7 Å². The molecule has 0 saturated carbocycles. The predicted octanol–water partition coefficient (Wildman–Crippen LogP) is 6.25. The highest BCUT2D eigenvalue weighted by Gasteiger charge is 2.60. The number of hydrogen-bond donors (Lipinski definition) is 2. The van der Waals surface area contributed by atoms with Crippen LogP contribution in [-0.2, 0) is 4.75 Å². The molecule has 2 amide bonds. The number of amides is 2. The number of nitrogens with one attached hydrogen (secondary N) is 2. The van der Waals surface area contributed by atoms with Gasteiger partial charge < -0.3 is 5.32 Å². The Kier molecular flexibility index (Phi) is 7.42. The van der Waals surface area contributed by atoms with Gasteiger partial charge in [0.15, 0.2) is 4.75 Å². The van der Waals surface area contributed by atoms with Crippen LogP contribution in [0.2, 0.25) is 10.0 Å². The molecule has 0 fully saturated rings. The normalized spacial score (nSPS) is 18.7. The maximum atomic E-state index is 14.2. The second-order valence-electron chi connectivity index (χ2n) is 7.09. The lowest BCUT2D eigenvalue weighted by Crippen LogP contribution is -2.38. The maximum absolute atomic E-state index is 14.2. The summed E-state index contributed by atoms with van der Waals surface area (Å²) in [5, 5.41) is 6.67. The fourth-order valence-electron chi connectivity index (χ4n) is 3.21.